The predicted molar refractivity (Wildman–Crippen MR) is 115 cm³/mol. The molecule has 0 unspecified atom stereocenters. The monoisotopic (exact) mass is 414 g/mol. The summed E-state index contributed by atoms with van der Waals surface area (Å²) in [6, 6.07) is 11.4. The van der Waals surface area contributed by atoms with Crippen LogP contribution in [0.5, 0.6) is 0 Å². The minimum absolute atomic E-state index is 0.0641. The van der Waals surface area contributed by atoms with Crippen LogP contribution in [0.15, 0.2) is 42.5 Å². The Hall–Kier alpha value is -3.46. The SMILES string of the molecule is CCN(Cc1ccccc1NC(=O)c1ccc(NCCOC)c([N+](=O)[O-])c1)C(C)=O. The number of nitro benzene ring substituents is 1. The van der Waals surface area contributed by atoms with Crippen LogP contribution in [0.25, 0.3) is 0 Å². The van der Waals surface area contributed by atoms with Crippen molar-refractivity contribution in [3.63, 3.8) is 0 Å². The van der Waals surface area contributed by atoms with Crippen molar-refractivity contribution < 1.29 is 19.2 Å². The lowest BCUT2D eigenvalue weighted by atomic mass is 10.1. The molecular formula is C21H26N4O5. The lowest BCUT2D eigenvalue weighted by Crippen LogP contribution is -2.28. The number of para-hydroxylation sites is 1. The Balaban J connectivity index is 2.23. The van der Waals surface area contributed by atoms with Gasteiger partial charge in [-0.25, -0.2) is 0 Å². The number of nitro groups is 1. The fourth-order valence-corrected chi connectivity index (χ4v) is 2.89. The number of rotatable bonds is 10. The molecule has 30 heavy (non-hydrogen) atoms. The van der Waals surface area contributed by atoms with Crippen LogP contribution >= 0.6 is 0 Å². The zero-order chi connectivity index (χ0) is 22.1. The molecule has 2 aromatic carbocycles. The zero-order valence-corrected chi connectivity index (χ0v) is 17.3. The predicted octanol–water partition coefficient (Wildman–Crippen LogP) is 3.27. The lowest BCUT2D eigenvalue weighted by molar-refractivity contribution is -0.384. The Morgan fingerprint density at radius 1 is 1.17 bits per heavy atom. The molecule has 0 bridgehead atoms. The number of amides is 2. The molecule has 0 saturated heterocycles. The number of benzene rings is 2. The maximum Gasteiger partial charge on any atom is 0.293 e. The molecule has 2 amide bonds. The molecule has 0 spiro atoms. The highest BCUT2D eigenvalue weighted by molar-refractivity contribution is 6.05. The van der Waals surface area contributed by atoms with Gasteiger partial charge in [0.15, 0.2) is 0 Å². The molecule has 0 aromatic heterocycles. The number of hydrogen-bond donors (Lipinski definition) is 2. The molecule has 0 aliphatic rings. The van der Waals surface area contributed by atoms with E-state index in [1.807, 2.05) is 19.1 Å². The van der Waals surface area contributed by atoms with Crippen LogP contribution in [-0.2, 0) is 16.1 Å². The van der Waals surface area contributed by atoms with Gasteiger partial charge in [0.2, 0.25) is 5.91 Å². The van der Waals surface area contributed by atoms with Gasteiger partial charge in [-0.2, -0.15) is 0 Å². The average Bonchev–Trinajstić information content (AvgIpc) is 2.72. The Morgan fingerprint density at radius 2 is 1.90 bits per heavy atom. The van der Waals surface area contributed by atoms with E-state index in [2.05, 4.69) is 10.6 Å². The first kappa shape index (κ1) is 22.8. The van der Waals surface area contributed by atoms with Crippen LogP contribution < -0.4 is 10.6 Å². The van der Waals surface area contributed by atoms with Crippen LogP contribution in [0, 0.1) is 10.1 Å². The van der Waals surface area contributed by atoms with E-state index in [0.29, 0.717) is 37.6 Å². The first-order valence-electron chi connectivity index (χ1n) is 9.53. The van der Waals surface area contributed by atoms with Gasteiger partial charge < -0.3 is 20.3 Å². The number of anilines is 2. The fourth-order valence-electron chi connectivity index (χ4n) is 2.89. The smallest absolute Gasteiger partial charge is 0.293 e. The Labute approximate surface area is 175 Å². The molecular weight excluding hydrogens is 388 g/mol. The van der Waals surface area contributed by atoms with Gasteiger partial charge in [0.05, 0.1) is 11.5 Å². The highest BCUT2D eigenvalue weighted by Crippen LogP contribution is 2.26. The van der Waals surface area contributed by atoms with Crippen molar-refractivity contribution in [3.8, 4) is 0 Å². The number of nitrogens with one attached hydrogen (secondary N) is 2. The summed E-state index contributed by atoms with van der Waals surface area (Å²) in [5.74, 6) is -0.536. The highest BCUT2D eigenvalue weighted by Gasteiger charge is 2.18. The average molecular weight is 414 g/mol. The Kier molecular flexibility index (Phi) is 8.30. The van der Waals surface area contributed by atoms with Crippen LogP contribution in [0.4, 0.5) is 17.1 Å². The zero-order valence-electron chi connectivity index (χ0n) is 17.3. The summed E-state index contributed by atoms with van der Waals surface area (Å²) in [6.07, 6.45) is 0. The lowest BCUT2D eigenvalue weighted by Gasteiger charge is -2.21. The maximum absolute atomic E-state index is 12.7. The summed E-state index contributed by atoms with van der Waals surface area (Å²) < 4.78 is 4.93. The van der Waals surface area contributed by atoms with Gasteiger partial charge >= 0.3 is 0 Å². The third kappa shape index (κ3) is 6.02. The molecule has 0 heterocycles. The van der Waals surface area contributed by atoms with Crippen molar-refractivity contribution in [1.29, 1.82) is 0 Å². The molecule has 2 aromatic rings. The fraction of sp³-hybridized carbons (Fsp3) is 0.333. The van der Waals surface area contributed by atoms with E-state index in [-0.39, 0.29) is 17.2 Å². The number of ether oxygens (including phenoxy) is 1. The molecule has 9 heteroatoms. The van der Waals surface area contributed by atoms with E-state index in [9.17, 15) is 19.7 Å². The number of carbonyl (C=O) groups excluding carboxylic acids is 2. The number of nitrogens with zero attached hydrogens (tertiary/aromatic N) is 2. The molecule has 2 N–H and O–H groups in total. The standard InChI is InChI=1S/C21H26N4O5/c1-4-24(15(2)26)14-17-7-5-6-8-18(17)23-21(27)16-9-10-19(22-11-12-30-3)20(13-16)25(28)29/h5-10,13,22H,4,11-12,14H2,1-3H3,(H,23,27). The summed E-state index contributed by atoms with van der Waals surface area (Å²) >= 11 is 0. The maximum atomic E-state index is 12.7. The van der Waals surface area contributed by atoms with Gasteiger partial charge in [-0.05, 0) is 30.7 Å². The quantitative estimate of drug-likeness (QED) is 0.350. The van der Waals surface area contributed by atoms with Crippen molar-refractivity contribution >= 4 is 28.9 Å². The molecule has 0 fully saturated rings. The third-order valence-corrected chi connectivity index (χ3v) is 4.53. The Bertz CT molecular complexity index is 916. The van der Waals surface area contributed by atoms with Crippen molar-refractivity contribution in [2.45, 2.75) is 20.4 Å². The molecule has 9 nitrogen and oxygen atoms in total. The highest BCUT2D eigenvalue weighted by atomic mass is 16.6. The molecule has 0 saturated carbocycles. The second-order valence-electron chi connectivity index (χ2n) is 6.55. The summed E-state index contributed by atoms with van der Waals surface area (Å²) in [7, 11) is 1.54. The van der Waals surface area contributed by atoms with E-state index in [1.165, 1.54) is 32.2 Å². The summed E-state index contributed by atoms with van der Waals surface area (Å²) in [5, 5.41) is 17.1. The van der Waals surface area contributed by atoms with Crippen LogP contribution in [0.3, 0.4) is 0 Å². The van der Waals surface area contributed by atoms with Gasteiger partial charge in [-0.3, -0.25) is 19.7 Å². The van der Waals surface area contributed by atoms with Gasteiger partial charge in [0, 0.05) is 51.0 Å². The number of methoxy groups -OCH3 is 1. The van der Waals surface area contributed by atoms with Crippen LogP contribution in [0.2, 0.25) is 0 Å². The van der Waals surface area contributed by atoms with E-state index in [0.717, 1.165) is 5.56 Å². The second-order valence-corrected chi connectivity index (χ2v) is 6.55. The molecule has 0 aliphatic heterocycles. The molecule has 0 radical (unpaired) electrons. The van der Waals surface area contributed by atoms with Crippen molar-refractivity contribution in [3.05, 3.63) is 63.7 Å². The Morgan fingerprint density at radius 3 is 2.53 bits per heavy atom. The topological polar surface area (TPSA) is 114 Å². The third-order valence-electron chi connectivity index (χ3n) is 4.53. The minimum Gasteiger partial charge on any atom is -0.383 e. The number of hydrogen-bond acceptors (Lipinski definition) is 6. The van der Waals surface area contributed by atoms with E-state index >= 15 is 0 Å². The minimum atomic E-state index is -0.536. The molecule has 160 valence electrons. The largest absolute Gasteiger partial charge is 0.383 e. The van der Waals surface area contributed by atoms with Gasteiger partial charge in [0.25, 0.3) is 11.6 Å². The van der Waals surface area contributed by atoms with E-state index in [4.69, 9.17) is 4.74 Å². The van der Waals surface area contributed by atoms with Crippen LogP contribution in [-0.4, -0.2) is 48.4 Å². The first-order chi connectivity index (χ1) is 14.4. The summed E-state index contributed by atoms with van der Waals surface area (Å²) in [6.45, 7) is 5.06. The number of carbonyl (C=O) groups is 2. The first-order valence-corrected chi connectivity index (χ1v) is 9.53. The van der Waals surface area contributed by atoms with Gasteiger partial charge in [0.1, 0.15) is 5.69 Å². The van der Waals surface area contributed by atoms with Crippen LogP contribution in [0.1, 0.15) is 29.8 Å². The van der Waals surface area contributed by atoms with Crippen molar-refractivity contribution in [2.75, 3.05) is 37.4 Å². The summed E-state index contributed by atoms with van der Waals surface area (Å²) in [4.78, 5) is 37.0. The van der Waals surface area contributed by atoms with Crippen molar-refractivity contribution in [1.82, 2.24) is 4.90 Å². The van der Waals surface area contributed by atoms with Crippen molar-refractivity contribution in [2.24, 2.45) is 0 Å². The molecule has 0 aliphatic carbocycles. The second kappa shape index (κ2) is 10.9. The van der Waals surface area contributed by atoms with Gasteiger partial charge in [-0.15, -0.1) is 0 Å². The summed E-state index contributed by atoms with van der Waals surface area (Å²) in [5.41, 5.74) is 1.60. The molecule has 2 rings (SSSR count). The molecule has 0 atom stereocenters. The van der Waals surface area contributed by atoms with E-state index < -0.39 is 10.8 Å². The van der Waals surface area contributed by atoms with Gasteiger partial charge in [-0.1, -0.05) is 18.2 Å². The van der Waals surface area contributed by atoms with E-state index in [1.54, 1.807) is 17.0 Å². The normalized spacial score (nSPS) is 10.4.